The Bertz CT molecular complexity index is 1290. The van der Waals surface area contributed by atoms with Crippen LogP contribution in [0.15, 0.2) is 47.4 Å². The number of rotatable bonds is 7. The fourth-order valence-electron chi connectivity index (χ4n) is 4.26. The summed E-state index contributed by atoms with van der Waals surface area (Å²) in [6.07, 6.45) is -0.371. The van der Waals surface area contributed by atoms with E-state index in [1.54, 1.807) is 18.2 Å². The number of para-hydroxylation sites is 1. The first-order valence-corrected chi connectivity index (χ1v) is 12.2. The van der Waals surface area contributed by atoms with Gasteiger partial charge in [-0.05, 0) is 50.1 Å². The van der Waals surface area contributed by atoms with Crippen molar-refractivity contribution in [3.05, 3.63) is 54.0 Å². The molecule has 0 spiro atoms. The van der Waals surface area contributed by atoms with Gasteiger partial charge in [0, 0.05) is 18.5 Å². The number of fused-ring (bicyclic) bond motifs is 1. The van der Waals surface area contributed by atoms with Gasteiger partial charge in [0.2, 0.25) is 10.0 Å². The van der Waals surface area contributed by atoms with Crippen LogP contribution in [0.25, 0.3) is 10.9 Å². The number of nitrogens with zero attached hydrogens (tertiary/aromatic N) is 3. The Morgan fingerprint density at radius 3 is 2.55 bits per heavy atom. The van der Waals surface area contributed by atoms with Gasteiger partial charge in [-0.25, -0.2) is 12.8 Å². The minimum absolute atomic E-state index is 0.0250. The molecule has 2 atom stereocenters. The summed E-state index contributed by atoms with van der Waals surface area (Å²) in [6, 6.07) is 10.3. The standard InChI is InChI=1S/C23H26FN3O5S/c1-14(2)32-16-7-9-17(10-8-16)33(30,31)26-12-15(3)21(13-26)27-23-18(5-4-6-19(23)24)20(25-27)11-22(28)29/h4-10,14-15,21H,11-13H2,1-3H3,(H,28,29)/t15-,21-/m0/s1. The number of carbonyl (C=O) groups is 1. The van der Waals surface area contributed by atoms with Crippen LogP contribution < -0.4 is 4.74 Å². The summed E-state index contributed by atoms with van der Waals surface area (Å²) in [5.41, 5.74) is 0.450. The van der Waals surface area contributed by atoms with E-state index in [1.807, 2.05) is 20.8 Å². The third kappa shape index (κ3) is 4.45. The van der Waals surface area contributed by atoms with E-state index in [2.05, 4.69) is 5.10 Å². The van der Waals surface area contributed by atoms with Crippen LogP contribution in [0, 0.1) is 11.7 Å². The molecule has 33 heavy (non-hydrogen) atoms. The lowest BCUT2D eigenvalue weighted by Crippen LogP contribution is -2.29. The van der Waals surface area contributed by atoms with Crippen LogP contribution in [0.3, 0.4) is 0 Å². The van der Waals surface area contributed by atoms with Crippen LogP contribution in [-0.2, 0) is 21.2 Å². The molecule has 0 amide bonds. The fraction of sp³-hybridized carbons (Fsp3) is 0.391. The van der Waals surface area contributed by atoms with Crippen molar-refractivity contribution in [2.24, 2.45) is 5.92 Å². The first-order valence-electron chi connectivity index (χ1n) is 10.7. The smallest absolute Gasteiger partial charge is 0.309 e. The Hall–Kier alpha value is -2.98. The van der Waals surface area contributed by atoms with Gasteiger partial charge in [0.25, 0.3) is 0 Å². The highest BCUT2D eigenvalue weighted by Crippen LogP contribution is 2.35. The Labute approximate surface area is 191 Å². The minimum Gasteiger partial charge on any atom is -0.491 e. The van der Waals surface area contributed by atoms with Gasteiger partial charge in [0.05, 0.1) is 29.2 Å². The van der Waals surface area contributed by atoms with Crippen molar-refractivity contribution in [2.75, 3.05) is 13.1 Å². The zero-order valence-electron chi connectivity index (χ0n) is 18.6. The highest BCUT2D eigenvalue weighted by Gasteiger charge is 2.39. The normalized spacial score (nSPS) is 19.4. The number of benzene rings is 2. The quantitative estimate of drug-likeness (QED) is 0.562. The lowest BCUT2D eigenvalue weighted by Gasteiger charge is -2.18. The van der Waals surface area contributed by atoms with Crippen LogP contribution in [0.2, 0.25) is 0 Å². The van der Waals surface area contributed by atoms with E-state index in [0.717, 1.165) is 0 Å². The van der Waals surface area contributed by atoms with Gasteiger partial charge in [0.1, 0.15) is 17.1 Å². The molecule has 1 N–H and O–H groups in total. The van der Waals surface area contributed by atoms with Crippen LogP contribution in [0.4, 0.5) is 4.39 Å². The third-order valence-corrected chi connectivity index (χ3v) is 7.61. The number of carboxylic acids is 1. The monoisotopic (exact) mass is 475 g/mol. The van der Waals surface area contributed by atoms with E-state index in [4.69, 9.17) is 4.74 Å². The topological polar surface area (TPSA) is 102 Å². The molecule has 0 saturated carbocycles. The number of sulfonamides is 1. The van der Waals surface area contributed by atoms with Gasteiger partial charge in [0.15, 0.2) is 0 Å². The molecule has 2 aromatic carbocycles. The van der Waals surface area contributed by atoms with E-state index in [9.17, 15) is 22.7 Å². The summed E-state index contributed by atoms with van der Waals surface area (Å²) in [4.78, 5) is 11.4. The molecular formula is C23H26FN3O5S. The summed E-state index contributed by atoms with van der Waals surface area (Å²) >= 11 is 0. The molecule has 2 heterocycles. The van der Waals surface area contributed by atoms with Crippen molar-refractivity contribution in [3.8, 4) is 5.75 Å². The first-order chi connectivity index (χ1) is 15.6. The van der Waals surface area contributed by atoms with Gasteiger partial charge < -0.3 is 9.84 Å². The van der Waals surface area contributed by atoms with Crippen molar-refractivity contribution < 1.29 is 27.4 Å². The van der Waals surface area contributed by atoms with E-state index in [0.29, 0.717) is 11.1 Å². The first kappa shape index (κ1) is 23.2. The summed E-state index contributed by atoms with van der Waals surface area (Å²) in [5, 5.41) is 14.1. The SMILES string of the molecule is CC(C)Oc1ccc(S(=O)(=O)N2C[C@H](C)[C@@H](n3nc(CC(=O)O)c4cccc(F)c43)C2)cc1. The average molecular weight is 476 g/mol. The largest absolute Gasteiger partial charge is 0.491 e. The lowest BCUT2D eigenvalue weighted by atomic mass is 10.1. The second-order valence-electron chi connectivity index (χ2n) is 8.60. The molecule has 1 aromatic heterocycles. The molecule has 1 saturated heterocycles. The van der Waals surface area contributed by atoms with E-state index >= 15 is 0 Å². The third-order valence-electron chi connectivity index (χ3n) is 5.76. The van der Waals surface area contributed by atoms with Crippen molar-refractivity contribution in [2.45, 2.75) is 44.2 Å². The molecule has 10 heteroatoms. The summed E-state index contributed by atoms with van der Waals surface area (Å²) in [6.45, 7) is 6.00. The Morgan fingerprint density at radius 1 is 1.21 bits per heavy atom. The van der Waals surface area contributed by atoms with Gasteiger partial charge in [-0.2, -0.15) is 9.40 Å². The second kappa shape index (κ2) is 8.75. The molecule has 0 aliphatic carbocycles. The summed E-state index contributed by atoms with van der Waals surface area (Å²) in [7, 11) is -3.78. The van der Waals surface area contributed by atoms with Crippen molar-refractivity contribution in [1.82, 2.24) is 14.1 Å². The van der Waals surface area contributed by atoms with Gasteiger partial charge in [-0.3, -0.25) is 9.48 Å². The molecule has 4 rings (SSSR count). The van der Waals surface area contributed by atoms with Crippen LogP contribution in [0.5, 0.6) is 5.75 Å². The molecule has 0 unspecified atom stereocenters. The predicted molar refractivity (Wildman–Crippen MR) is 120 cm³/mol. The minimum atomic E-state index is -3.78. The average Bonchev–Trinajstić information content (AvgIpc) is 3.29. The van der Waals surface area contributed by atoms with E-state index in [1.165, 1.54) is 33.3 Å². The maximum Gasteiger partial charge on any atom is 0.309 e. The number of hydrogen-bond acceptors (Lipinski definition) is 5. The maximum atomic E-state index is 14.8. The number of carboxylic acid groups (broad SMARTS) is 1. The molecule has 0 radical (unpaired) electrons. The molecule has 0 bridgehead atoms. The zero-order valence-corrected chi connectivity index (χ0v) is 19.4. The van der Waals surface area contributed by atoms with E-state index in [-0.39, 0.29) is 47.6 Å². The Morgan fingerprint density at radius 2 is 1.91 bits per heavy atom. The molecule has 8 nitrogen and oxygen atoms in total. The highest BCUT2D eigenvalue weighted by atomic mass is 32.2. The number of hydrogen-bond donors (Lipinski definition) is 1. The number of aliphatic carboxylic acids is 1. The van der Waals surface area contributed by atoms with Gasteiger partial charge in [-0.1, -0.05) is 19.1 Å². The molecule has 176 valence electrons. The predicted octanol–water partition coefficient (Wildman–Crippen LogP) is 3.47. The molecule has 3 aromatic rings. The summed E-state index contributed by atoms with van der Waals surface area (Å²) < 4.78 is 49.7. The fourth-order valence-corrected chi connectivity index (χ4v) is 5.82. The molecule has 1 fully saturated rings. The number of halogens is 1. The molecular weight excluding hydrogens is 449 g/mol. The van der Waals surface area contributed by atoms with Crippen molar-refractivity contribution >= 4 is 26.9 Å². The maximum absolute atomic E-state index is 14.8. The second-order valence-corrected chi connectivity index (χ2v) is 10.5. The molecule has 1 aliphatic rings. The highest BCUT2D eigenvalue weighted by molar-refractivity contribution is 7.89. The molecule has 1 aliphatic heterocycles. The van der Waals surface area contributed by atoms with Gasteiger partial charge >= 0.3 is 5.97 Å². The zero-order chi connectivity index (χ0) is 23.9. The number of aromatic nitrogens is 2. The van der Waals surface area contributed by atoms with Crippen LogP contribution >= 0.6 is 0 Å². The van der Waals surface area contributed by atoms with Gasteiger partial charge in [-0.15, -0.1) is 0 Å². The van der Waals surface area contributed by atoms with E-state index < -0.39 is 27.9 Å². The Kier molecular flexibility index (Phi) is 6.15. The lowest BCUT2D eigenvalue weighted by molar-refractivity contribution is -0.136. The van der Waals surface area contributed by atoms with Crippen LogP contribution in [-0.4, -0.2) is 52.8 Å². The summed E-state index contributed by atoms with van der Waals surface area (Å²) in [5.74, 6) is -1.17. The van der Waals surface area contributed by atoms with Crippen LogP contribution in [0.1, 0.15) is 32.5 Å². The van der Waals surface area contributed by atoms with Crippen molar-refractivity contribution in [3.63, 3.8) is 0 Å². The Balaban J connectivity index is 1.65. The van der Waals surface area contributed by atoms with Crippen molar-refractivity contribution in [1.29, 1.82) is 0 Å². The number of ether oxygens (including phenoxy) is 1.